The van der Waals surface area contributed by atoms with Crippen molar-refractivity contribution < 1.29 is 8.78 Å². The largest absolute Gasteiger partial charge is 0.297 e. The SMILES string of the molecule is CC(C)(C)n1cc(CN2CC(Cc3ccc(F)c(F)c3)C2)nn1. The van der Waals surface area contributed by atoms with Crippen molar-refractivity contribution in [1.82, 2.24) is 19.9 Å². The fourth-order valence-corrected chi connectivity index (χ4v) is 2.86. The van der Waals surface area contributed by atoms with E-state index in [4.69, 9.17) is 0 Å². The molecule has 0 atom stereocenters. The van der Waals surface area contributed by atoms with Crippen molar-refractivity contribution in [1.29, 1.82) is 0 Å². The number of nitrogens with zero attached hydrogens (tertiary/aromatic N) is 4. The number of halogens is 2. The van der Waals surface area contributed by atoms with Crippen LogP contribution in [0.15, 0.2) is 24.4 Å². The van der Waals surface area contributed by atoms with Gasteiger partial charge in [0.2, 0.25) is 0 Å². The normalized spacial score (nSPS) is 16.6. The Morgan fingerprint density at radius 3 is 2.52 bits per heavy atom. The van der Waals surface area contributed by atoms with E-state index in [1.807, 2.05) is 10.9 Å². The van der Waals surface area contributed by atoms with Gasteiger partial charge in [-0.3, -0.25) is 4.90 Å². The van der Waals surface area contributed by atoms with Crippen LogP contribution in [-0.4, -0.2) is 33.0 Å². The lowest BCUT2D eigenvalue weighted by atomic mass is 9.92. The van der Waals surface area contributed by atoms with Crippen LogP contribution in [0.25, 0.3) is 0 Å². The van der Waals surface area contributed by atoms with E-state index in [9.17, 15) is 8.78 Å². The van der Waals surface area contributed by atoms with Crippen LogP contribution >= 0.6 is 0 Å². The fourth-order valence-electron chi connectivity index (χ4n) is 2.86. The first-order chi connectivity index (χ1) is 10.8. The second-order valence-electron chi connectivity index (χ2n) is 7.34. The monoisotopic (exact) mass is 320 g/mol. The van der Waals surface area contributed by atoms with Crippen molar-refractivity contribution in [3.8, 4) is 0 Å². The van der Waals surface area contributed by atoms with Crippen LogP contribution in [-0.2, 0) is 18.5 Å². The Bertz CT molecular complexity index is 684. The topological polar surface area (TPSA) is 34.0 Å². The first-order valence-electron chi connectivity index (χ1n) is 7.89. The molecule has 124 valence electrons. The molecule has 2 aromatic rings. The van der Waals surface area contributed by atoms with Gasteiger partial charge in [-0.1, -0.05) is 11.3 Å². The van der Waals surface area contributed by atoms with Gasteiger partial charge < -0.3 is 0 Å². The molecule has 1 fully saturated rings. The molecule has 1 aromatic carbocycles. The summed E-state index contributed by atoms with van der Waals surface area (Å²) in [5.41, 5.74) is 1.76. The second-order valence-corrected chi connectivity index (χ2v) is 7.34. The van der Waals surface area contributed by atoms with E-state index >= 15 is 0 Å². The number of benzene rings is 1. The Balaban J connectivity index is 1.49. The summed E-state index contributed by atoms with van der Waals surface area (Å²) in [6.07, 6.45) is 2.77. The average molecular weight is 320 g/mol. The highest BCUT2D eigenvalue weighted by atomic mass is 19.2. The number of rotatable bonds is 4. The van der Waals surface area contributed by atoms with E-state index in [1.165, 1.54) is 12.1 Å². The Hall–Kier alpha value is -1.82. The van der Waals surface area contributed by atoms with E-state index in [0.29, 0.717) is 5.92 Å². The lowest BCUT2D eigenvalue weighted by molar-refractivity contribution is 0.0911. The van der Waals surface area contributed by atoms with Crippen LogP contribution in [0.5, 0.6) is 0 Å². The van der Waals surface area contributed by atoms with Gasteiger partial charge in [0.05, 0.1) is 17.4 Å². The molecule has 23 heavy (non-hydrogen) atoms. The summed E-state index contributed by atoms with van der Waals surface area (Å²) < 4.78 is 28.0. The van der Waals surface area contributed by atoms with Gasteiger partial charge in [-0.2, -0.15) is 0 Å². The number of likely N-dealkylation sites (tertiary alicyclic amines) is 1. The van der Waals surface area contributed by atoms with Crippen molar-refractivity contribution in [3.63, 3.8) is 0 Å². The van der Waals surface area contributed by atoms with Gasteiger partial charge in [0.25, 0.3) is 0 Å². The van der Waals surface area contributed by atoms with Crippen molar-refractivity contribution in [3.05, 3.63) is 47.3 Å². The van der Waals surface area contributed by atoms with Crippen molar-refractivity contribution in [2.45, 2.75) is 39.3 Å². The summed E-state index contributed by atoms with van der Waals surface area (Å²) in [7, 11) is 0. The first-order valence-corrected chi connectivity index (χ1v) is 7.89. The Kier molecular flexibility index (Phi) is 4.19. The zero-order valence-electron chi connectivity index (χ0n) is 13.8. The van der Waals surface area contributed by atoms with E-state index in [-0.39, 0.29) is 5.54 Å². The van der Waals surface area contributed by atoms with Crippen LogP contribution in [0.2, 0.25) is 0 Å². The Morgan fingerprint density at radius 2 is 1.91 bits per heavy atom. The Labute approximate surface area is 135 Å². The quantitative estimate of drug-likeness (QED) is 0.868. The summed E-state index contributed by atoms with van der Waals surface area (Å²) in [4.78, 5) is 2.29. The third-order valence-electron chi connectivity index (χ3n) is 4.15. The summed E-state index contributed by atoms with van der Waals surface area (Å²) >= 11 is 0. The lowest BCUT2D eigenvalue weighted by Crippen LogP contribution is -2.46. The van der Waals surface area contributed by atoms with E-state index < -0.39 is 11.6 Å². The molecule has 4 nitrogen and oxygen atoms in total. The van der Waals surface area contributed by atoms with Gasteiger partial charge in [-0.15, -0.1) is 5.10 Å². The molecule has 0 N–H and O–H groups in total. The van der Waals surface area contributed by atoms with Crippen molar-refractivity contribution in [2.24, 2.45) is 5.92 Å². The summed E-state index contributed by atoms with van der Waals surface area (Å²) in [6.45, 7) is 8.94. The second kappa shape index (κ2) is 6.00. The molecule has 0 unspecified atom stereocenters. The van der Waals surface area contributed by atoms with Gasteiger partial charge in [0.1, 0.15) is 0 Å². The van der Waals surface area contributed by atoms with Gasteiger partial charge in [0.15, 0.2) is 11.6 Å². The van der Waals surface area contributed by atoms with Crippen LogP contribution in [0.1, 0.15) is 32.0 Å². The van der Waals surface area contributed by atoms with Crippen LogP contribution in [0.4, 0.5) is 8.78 Å². The third kappa shape index (κ3) is 3.75. The highest BCUT2D eigenvalue weighted by Crippen LogP contribution is 2.23. The van der Waals surface area contributed by atoms with Gasteiger partial charge >= 0.3 is 0 Å². The molecule has 0 spiro atoms. The molecule has 0 aliphatic carbocycles. The molecule has 0 saturated carbocycles. The molecular formula is C17H22F2N4. The predicted molar refractivity (Wildman–Crippen MR) is 83.8 cm³/mol. The summed E-state index contributed by atoms with van der Waals surface area (Å²) in [5.74, 6) is -1.07. The number of hydrogen-bond acceptors (Lipinski definition) is 3. The lowest BCUT2D eigenvalue weighted by Gasteiger charge is -2.39. The molecule has 1 aliphatic heterocycles. The number of hydrogen-bond donors (Lipinski definition) is 0. The molecule has 0 radical (unpaired) electrons. The molecule has 6 heteroatoms. The minimum absolute atomic E-state index is 0.0601. The van der Waals surface area contributed by atoms with E-state index in [0.717, 1.165) is 37.3 Å². The highest BCUT2D eigenvalue weighted by Gasteiger charge is 2.28. The maximum absolute atomic E-state index is 13.2. The molecule has 1 aromatic heterocycles. The maximum atomic E-state index is 13.2. The van der Waals surface area contributed by atoms with Gasteiger partial charge in [-0.05, 0) is 50.8 Å². The zero-order chi connectivity index (χ0) is 16.6. The Morgan fingerprint density at radius 1 is 1.17 bits per heavy atom. The number of aromatic nitrogens is 3. The minimum Gasteiger partial charge on any atom is -0.297 e. The third-order valence-corrected chi connectivity index (χ3v) is 4.15. The minimum atomic E-state index is -0.786. The maximum Gasteiger partial charge on any atom is 0.159 e. The molecule has 0 amide bonds. The van der Waals surface area contributed by atoms with E-state index in [2.05, 4.69) is 36.0 Å². The van der Waals surface area contributed by atoms with Crippen LogP contribution in [0, 0.1) is 17.6 Å². The zero-order valence-corrected chi connectivity index (χ0v) is 13.8. The summed E-state index contributed by atoms with van der Waals surface area (Å²) in [6, 6.07) is 4.16. The molecule has 1 saturated heterocycles. The van der Waals surface area contributed by atoms with Gasteiger partial charge in [0, 0.05) is 19.6 Å². The van der Waals surface area contributed by atoms with Crippen LogP contribution < -0.4 is 0 Å². The van der Waals surface area contributed by atoms with Crippen molar-refractivity contribution >= 4 is 0 Å². The molecule has 0 bridgehead atoms. The summed E-state index contributed by atoms with van der Waals surface area (Å²) in [5, 5.41) is 8.38. The van der Waals surface area contributed by atoms with Gasteiger partial charge in [-0.25, -0.2) is 13.5 Å². The molecule has 1 aliphatic rings. The smallest absolute Gasteiger partial charge is 0.159 e. The highest BCUT2D eigenvalue weighted by molar-refractivity contribution is 5.19. The van der Waals surface area contributed by atoms with Crippen LogP contribution in [0.3, 0.4) is 0 Å². The fraction of sp³-hybridized carbons (Fsp3) is 0.529. The predicted octanol–water partition coefficient (Wildman–Crippen LogP) is 2.99. The molecule has 2 heterocycles. The molecule has 3 rings (SSSR count). The average Bonchev–Trinajstić information content (AvgIpc) is 2.89. The van der Waals surface area contributed by atoms with Crippen molar-refractivity contribution in [2.75, 3.05) is 13.1 Å². The molecular weight excluding hydrogens is 298 g/mol. The standard InChI is InChI=1S/C17H22F2N4/c1-17(2,3)23-11-14(20-21-23)10-22-8-13(9-22)6-12-4-5-15(18)16(19)7-12/h4-5,7,11,13H,6,8-10H2,1-3H3. The van der Waals surface area contributed by atoms with E-state index in [1.54, 1.807) is 6.07 Å². The first kappa shape index (κ1) is 16.1.